The summed E-state index contributed by atoms with van der Waals surface area (Å²) in [6.07, 6.45) is 0. The molecule has 10 heteroatoms. The minimum Gasteiger partial charge on any atom is -0.484 e. The fraction of sp³-hybridized carbons (Fsp3) is 0.278. The van der Waals surface area contributed by atoms with E-state index < -0.39 is 10.0 Å². The lowest BCUT2D eigenvalue weighted by Crippen LogP contribution is -2.40. The fourth-order valence-corrected chi connectivity index (χ4v) is 4.27. The number of nitrogens with one attached hydrogen (secondary N) is 1. The van der Waals surface area contributed by atoms with Crippen molar-refractivity contribution < 1.29 is 22.7 Å². The molecule has 1 aliphatic rings. The molecule has 0 aromatic heterocycles. The van der Waals surface area contributed by atoms with E-state index in [2.05, 4.69) is 5.32 Å². The van der Waals surface area contributed by atoms with Crippen LogP contribution in [0.5, 0.6) is 5.75 Å². The highest BCUT2D eigenvalue weighted by atomic mass is 35.5. The maximum Gasteiger partial charge on any atom is 0.262 e. The quantitative estimate of drug-likeness (QED) is 0.739. The van der Waals surface area contributed by atoms with Gasteiger partial charge in [0.1, 0.15) is 5.75 Å². The van der Waals surface area contributed by atoms with Crippen LogP contribution in [0.25, 0.3) is 0 Å². The van der Waals surface area contributed by atoms with Gasteiger partial charge in [-0.25, -0.2) is 8.42 Å². The molecule has 1 fully saturated rings. The van der Waals surface area contributed by atoms with Crippen LogP contribution in [0, 0.1) is 0 Å². The van der Waals surface area contributed by atoms with E-state index >= 15 is 0 Å². The van der Waals surface area contributed by atoms with Crippen molar-refractivity contribution in [1.29, 1.82) is 0 Å². The molecule has 7 nitrogen and oxygen atoms in total. The number of carbonyl (C=O) groups excluding carboxylic acids is 1. The van der Waals surface area contributed by atoms with Crippen LogP contribution in [-0.2, 0) is 19.6 Å². The summed E-state index contributed by atoms with van der Waals surface area (Å²) in [6.45, 7) is 1.18. The molecule has 150 valence electrons. The van der Waals surface area contributed by atoms with Gasteiger partial charge in [-0.05, 0) is 42.5 Å². The van der Waals surface area contributed by atoms with E-state index in [1.165, 1.54) is 34.6 Å². The Morgan fingerprint density at radius 1 is 1.07 bits per heavy atom. The molecule has 1 N–H and O–H groups in total. The van der Waals surface area contributed by atoms with Gasteiger partial charge >= 0.3 is 0 Å². The van der Waals surface area contributed by atoms with Crippen molar-refractivity contribution in [2.45, 2.75) is 4.90 Å². The number of anilines is 1. The van der Waals surface area contributed by atoms with E-state index in [-0.39, 0.29) is 17.4 Å². The van der Waals surface area contributed by atoms with Crippen LogP contribution in [0.1, 0.15) is 0 Å². The number of ether oxygens (including phenoxy) is 2. The zero-order valence-electron chi connectivity index (χ0n) is 14.7. The first-order chi connectivity index (χ1) is 13.4. The fourth-order valence-electron chi connectivity index (χ4n) is 2.56. The third-order valence-electron chi connectivity index (χ3n) is 4.00. The average Bonchev–Trinajstić information content (AvgIpc) is 2.70. The second-order valence-corrected chi connectivity index (χ2v) is 8.71. The lowest BCUT2D eigenvalue weighted by molar-refractivity contribution is -0.118. The Balaban J connectivity index is 1.56. The van der Waals surface area contributed by atoms with Gasteiger partial charge in [-0.15, -0.1) is 0 Å². The van der Waals surface area contributed by atoms with Gasteiger partial charge in [0.15, 0.2) is 6.61 Å². The highest BCUT2D eigenvalue weighted by Gasteiger charge is 2.26. The molecule has 0 atom stereocenters. The van der Waals surface area contributed by atoms with E-state index in [0.29, 0.717) is 47.8 Å². The van der Waals surface area contributed by atoms with E-state index in [9.17, 15) is 13.2 Å². The molecule has 2 aromatic rings. The van der Waals surface area contributed by atoms with Gasteiger partial charge in [0.05, 0.1) is 28.2 Å². The lowest BCUT2D eigenvalue weighted by atomic mass is 10.3. The Morgan fingerprint density at radius 2 is 1.75 bits per heavy atom. The molecule has 0 aliphatic carbocycles. The van der Waals surface area contributed by atoms with Crippen molar-refractivity contribution in [3.8, 4) is 5.75 Å². The number of sulfonamides is 1. The first kappa shape index (κ1) is 20.9. The van der Waals surface area contributed by atoms with Crippen molar-refractivity contribution in [2.75, 3.05) is 38.2 Å². The Morgan fingerprint density at radius 3 is 2.39 bits per heavy atom. The van der Waals surface area contributed by atoms with Crippen LogP contribution >= 0.6 is 23.2 Å². The molecule has 1 aliphatic heterocycles. The van der Waals surface area contributed by atoms with Crippen LogP contribution in [0.4, 0.5) is 5.69 Å². The molecular weight excluding hydrogens is 427 g/mol. The highest BCUT2D eigenvalue weighted by molar-refractivity contribution is 7.89. The van der Waals surface area contributed by atoms with Crippen molar-refractivity contribution >= 4 is 44.8 Å². The largest absolute Gasteiger partial charge is 0.484 e. The highest BCUT2D eigenvalue weighted by Crippen LogP contribution is 2.25. The minimum atomic E-state index is -3.56. The van der Waals surface area contributed by atoms with Crippen molar-refractivity contribution in [3.63, 3.8) is 0 Å². The van der Waals surface area contributed by atoms with Crippen molar-refractivity contribution in [3.05, 3.63) is 52.5 Å². The average molecular weight is 445 g/mol. The molecule has 3 rings (SSSR count). The Kier molecular flexibility index (Phi) is 6.79. The number of carbonyl (C=O) groups is 1. The predicted molar refractivity (Wildman–Crippen MR) is 107 cm³/mol. The molecule has 0 unspecified atom stereocenters. The SMILES string of the molecule is O=C(COc1ccc(S(=O)(=O)N2CCOCC2)cc1)Nc1ccc(Cl)c(Cl)c1. The van der Waals surface area contributed by atoms with Crippen LogP contribution in [0.3, 0.4) is 0 Å². The molecule has 0 saturated carbocycles. The smallest absolute Gasteiger partial charge is 0.262 e. The van der Waals surface area contributed by atoms with E-state index in [1.807, 2.05) is 0 Å². The van der Waals surface area contributed by atoms with Crippen molar-refractivity contribution in [2.24, 2.45) is 0 Å². The van der Waals surface area contributed by atoms with Gasteiger partial charge in [0.25, 0.3) is 5.91 Å². The maximum absolute atomic E-state index is 12.6. The first-order valence-corrected chi connectivity index (χ1v) is 10.6. The summed E-state index contributed by atoms with van der Waals surface area (Å²) in [5, 5.41) is 3.36. The molecule has 0 spiro atoms. The molecule has 28 heavy (non-hydrogen) atoms. The molecule has 0 radical (unpaired) electrons. The van der Waals surface area contributed by atoms with Crippen LogP contribution < -0.4 is 10.1 Å². The number of rotatable bonds is 6. The van der Waals surface area contributed by atoms with Crippen LogP contribution in [-0.4, -0.2) is 51.5 Å². The second kappa shape index (κ2) is 9.11. The zero-order chi connectivity index (χ0) is 20.1. The van der Waals surface area contributed by atoms with Crippen LogP contribution in [0.2, 0.25) is 10.0 Å². The summed E-state index contributed by atoms with van der Waals surface area (Å²) >= 11 is 11.7. The monoisotopic (exact) mass is 444 g/mol. The molecule has 1 amide bonds. The van der Waals surface area contributed by atoms with Gasteiger partial charge in [0.2, 0.25) is 10.0 Å². The molecule has 1 heterocycles. The summed E-state index contributed by atoms with van der Waals surface area (Å²) in [5.74, 6) is -0.00591. The number of nitrogens with zero attached hydrogens (tertiary/aromatic N) is 1. The standard InChI is InChI=1S/C18H18Cl2N2O5S/c19-16-6-1-13(11-17(16)20)21-18(23)12-27-14-2-4-15(5-3-14)28(24,25)22-7-9-26-10-8-22/h1-6,11H,7-10,12H2,(H,21,23). The number of hydrogen-bond donors (Lipinski definition) is 1. The Hall–Kier alpha value is -1.84. The third-order valence-corrected chi connectivity index (χ3v) is 6.66. The zero-order valence-corrected chi connectivity index (χ0v) is 17.1. The summed E-state index contributed by atoms with van der Waals surface area (Å²) in [6, 6.07) is 10.7. The van der Waals surface area contributed by atoms with Gasteiger partial charge in [-0.2, -0.15) is 4.31 Å². The minimum absolute atomic E-state index is 0.169. The van der Waals surface area contributed by atoms with E-state index in [1.54, 1.807) is 12.1 Å². The predicted octanol–water partition coefficient (Wildman–Crippen LogP) is 3.03. The van der Waals surface area contributed by atoms with Crippen molar-refractivity contribution in [1.82, 2.24) is 4.31 Å². The molecular formula is C18H18Cl2N2O5S. The molecule has 2 aromatic carbocycles. The third kappa shape index (κ3) is 5.15. The Bertz CT molecular complexity index is 945. The molecule has 0 bridgehead atoms. The first-order valence-electron chi connectivity index (χ1n) is 8.42. The molecule has 1 saturated heterocycles. The number of halogens is 2. The summed E-state index contributed by atoms with van der Waals surface area (Å²) in [5.41, 5.74) is 0.495. The van der Waals surface area contributed by atoms with E-state index in [0.717, 1.165) is 0 Å². The van der Waals surface area contributed by atoms with Gasteiger partial charge in [0, 0.05) is 18.8 Å². The van der Waals surface area contributed by atoms with Crippen LogP contribution in [0.15, 0.2) is 47.4 Å². The second-order valence-electron chi connectivity index (χ2n) is 5.95. The summed E-state index contributed by atoms with van der Waals surface area (Å²) in [4.78, 5) is 12.2. The van der Waals surface area contributed by atoms with Gasteiger partial charge < -0.3 is 14.8 Å². The normalized spacial score (nSPS) is 15.2. The number of amides is 1. The van der Waals surface area contributed by atoms with E-state index in [4.69, 9.17) is 32.7 Å². The Labute approximate surface area is 173 Å². The number of benzene rings is 2. The number of morpholine rings is 1. The van der Waals surface area contributed by atoms with Gasteiger partial charge in [-0.1, -0.05) is 23.2 Å². The summed E-state index contributed by atoms with van der Waals surface area (Å²) < 4.78 is 37.1. The maximum atomic E-state index is 12.6. The lowest BCUT2D eigenvalue weighted by Gasteiger charge is -2.26. The summed E-state index contributed by atoms with van der Waals surface area (Å²) in [7, 11) is -3.56. The topological polar surface area (TPSA) is 84.9 Å². The number of hydrogen-bond acceptors (Lipinski definition) is 5. The van der Waals surface area contributed by atoms with Gasteiger partial charge in [-0.3, -0.25) is 4.79 Å².